The predicted molar refractivity (Wildman–Crippen MR) is 156 cm³/mol. The van der Waals surface area contributed by atoms with Crippen LogP contribution in [0.5, 0.6) is 0 Å². The summed E-state index contributed by atoms with van der Waals surface area (Å²) in [5.41, 5.74) is 1.91. The number of non-ortho nitro benzene ring substituents is 2. The number of hydrogen-bond acceptors (Lipinski definition) is 8. The van der Waals surface area contributed by atoms with Gasteiger partial charge < -0.3 is 0 Å². The Morgan fingerprint density at radius 3 is 1.67 bits per heavy atom. The Morgan fingerprint density at radius 2 is 1.10 bits per heavy atom. The Morgan fingerprint density at radius 1 is 0.595 bits per heavy atom. The number of benzene rings is 4. The molecule has 0 saturated heterocycles. The maximum Gasteiger partial charge on any atom is 0.271 e. The molecule has 12 nitrogen and oxygen atoms in total. The zero-order valence-electron chi connectivity index (χ0n) is 22.2. The lowest BCUT2D eigenvalue weighted by atomic mass is 10.0. The Hall–Kier alpha value is -6.04. The van der Waals surface area contributed by atoms with Crippen LogP contribution in [-0.4, -0.2) is 28.9 Å². The van der Waals surface area contributed by atoms with Crippen molar-refractivity contribution in [3.8, 4) is 22.5 Å². The third kappa shape index (κ3) is 4.36. The van der Waals surface area contributed by atoms with Gasteiger partial charge in [0.1, 0.15) is 11.6 Å². The predicted octanol–water partition coefficient (Wildman–Crippen LogP) is 5.19. The van der Waals surface area contributed by atoms with Crippen molar-refractivity contribution in [3.63, 3.8) is 0 Å². The summed E-state index contributed by atoms with van der Waals surface area (Å²) in [6.45, 7) is 3.30. The van der Waals surface area contributed by atoms with E-state index in [9.17, 15) is 29.8 Å². The van der Waals surface area contributed by atoms with Gasteiger partial charge in [-0.2, -0.15) is 0 Å². The summed E-state index contributed by atoms with van der Waals surface area (Å²) in [5, 5.41) is 23.2. The summed E-state index contributed by atoms with van der Waals surface area (Å²) in [6.07, 6.45) is 0. The molecule has 2 heterocycles. The number of nitrogens with zero attached hydrogens (tertiary/aromatic N) is 6. The number of nitro benzene ring substituents is 2. The quantitative estimate of drug-likeness (QED) is 0.206. The van der Waals surface area contributed by atoms with Crippen molar-refractivity contribution in [2.24, 2.45) is 0 Å². The molecule has 206 valence electrons. The first-order chi connectivity index (χ1) is 20.1. The second kappa shape index (κ2) is 9.86. The SMILES string of the molecule is Cc1nc2cc(-c3ccc4nc(C)n(-c5cccc([N+](=O)[O-])c5)c(=O)c4c3)ccc2c(=O)n1-c1cccc([N+](=O)[O-])c1. The molecule has 0 amide bonds. The molecule has 2 aromatic heterocycles. The molecule has 12 heteroatoms. The molecule has 0 aliphatic heterocycles. The standard InChI is InChI=1S/C30H20N6O6/c1-17-31-27-12-10-19(13-26(27)30(38)34(17)22-6-4-8-24(16-22)36(41)42)20-9-11-25-28(14-20)32-18(2)33(29(25)37)21-5-3-7-23(15-21)35(39)40/h3-16H,1-2H3. The molecular weight excluding hydrogens is 540 g/mol. The molecule has 0 fully saturated rings. The van der Waals surface area contributed by atoms with Crippen molar-refractivity contribution in [1.82, 2.24) is 19.1 Å². The number of rotatable bonds is 5. The Kier molecular flexibility index (Phi) is 6.15. The lowest BCUT2D eigenvalue weighted by Gasteiger charge is -2.13. The summed E-state index contributed by atoms with van der Waals surface area (Å²) in [5.74, 6) is 0.731. The highest BCUT2D eigenvalue weighted by Crippen LogP contribution is 2.26. The zero-order chi connectivity index (χ0) is 29.7. The highest BCUT2D eigenvalue weighted by atomic mass is 16.6. The summed E-state index contributed by atoms with van der Waals surface area (Å²) >= 11 is 0. The molecule has 6 rings (SSSR count). The molecule has 0 bridgehead atoms. The number of aromatic nitrogens is 4. The van der Waals surface area contributed by atoms with Crippen LogP contribution in [0.4, 0.5) is 11.4 Å². The van der Waals surface area contributed by atoms with Crippen LogP contribution >= 0.6 is 0 Å². The maximum absolute atomic E-state index is 13.6. The minimum atomic E-state index is -0.524. The summed E-state index contributed by atoms with van der Waals surface area (Å²) in [4.78, 5) is 57.7. The maximum atomic E-state index is 13.6. The minimum Gasteiger partial charge on any atom is -0.268 e. The van der Waals surface area contributed by atoms with E-state index >= 15 is 0 Å². The lowest BCUT2D eigenvalue weighted by Crippen LogP contribution is -2.22. The van der Waals surface area contributed by atoms with Crippen LogP contribution in [0.2, 0.25) is 0 Å². The molecule has 0 N–H and O–H groups in total. The van der Waals surface area contributed by atoms with Gasteiger partial charge in [0, 0.05) is 24.3 Å². The van der Waals surface area contributed by atoms with Gasteiger partial charge in [-0.15, -0.1) is 0 Å². The van der Waals surface area contributed by atoms with Crippen molar-refractivity contribution in [3.05, 3.63) is 138 Å². The van der Waals surface area contributed by atoms with Gasteiger partial charge in [-0.1, -0.05) is 24.3 Å². The summed E-state index contributed by atoms with van der Waals surface area (Å²) in [7, 11) is 0. The average molecular weight is 561 g/mol. The molecule has 0 atom stereocenters. The number of aryl methyl sites for hydroxylation is 2. The summed E-state index contributed by atoms with van der Waals surface area (Å²) < 4.78 is 2.66. The van der Waals surface area contributed by atoms with Crippen molar-refractivity contribution >= 4 is 33.2 Å². The highest BCUT2D eigenvalue weighted by Gasteiger charge is 2.16. The second-order valence-corrected chi connectivity index (χ2v) is 9.62. The molecule has 0 aliphatic carbocycles. The molecular formula is C30H20N6O6. The normalized spacial score (nSPS) is 11.2. The van der Waals surface area contributed by atoms with Crippen molar-refractivity contribution in [1.29, 1.82) is 0 Å². The van der Waals surface area contributed by atoms with E-state index in [1.807, 2.05) is 6.07 Å². The highest BCUT2D eigenvalue weighted by molar-refractivity contribution is 5.88. The minimum absolute atomic E-state index is 0.139. The first-order valence-corrected chi connectivity index (χ1v) is 12.7. The Labute approximate surface area is 236 Å². The van der Waals surface area contributed by atoms with Crippen LogP contribution in [-0.2, 0) is 0 Å². The van der Waals surface area contributed by atoms with Crippen LogP contribution in [0.25, 0.3) is 44.3 Å². The van der Waals surface area contributed by atoms with E-state index in [1.54, 1.807) is 56.3 Å². The first-order valence-electron chi connectivity index (χ1n) is 12.7. The molecule has 0 unspecified atom stereocenters. The van der Waals surface area contributed by atoms with E-state index in [4.69, 9.17) is 0 Å². The Balaban J connectivity index is 1.47. The third-order valence-corrected chi connectivity index (χ3v) is 7.00. The molecule has 0 aliphatic rings. The number of nitro groups is 2. The van der Waals surface area contributed by atoms with Gasteiger partial charge in [0.2, 0.25) is 0 Å². The van der Waals surface area contributed by atoms with Crippen LogP contribution in [0.3, 0.4) is 0 Å². The van der Waals surface area contributed by atoms with E-state index in [-0.39, 0.29) is 22.5 Å². The zero-order valence-corrected chi connectivity index (χ0v) is 22.2. The smallest absolute Gasteiger partial charge is 0.268 e. The second-order valence-electron chi connectivity index (χ2n) is 9.62. The van der Waals surface area contributed by atoms with Crippen LogP contribution in [0, 0.1) is 34.1 Å². The van der Waals surface area contributed by atoms with Crippen LogP contribution < -0.4 is 11.1 Å². The van der Waals surface area contributed by atoms with E-state index in [2.05, 4.69) is 9.97 Å². The first kappa shape index (κ1) is 26.2. The lowest BCUT2D eigenvalue weighted by molar-refractivity contribution is -0.385. The van der Waals surface area contributed by atoms with Gasteiger partial charge in [-0.05, 0) is 61.4 Å². The van der Waals surface area contributed by atoms with Crippen molar-refractivity contribution < 1.29 is 9.85 Å². The molecule has 6 aromatic rings. The van der Waals surface area contributed by atoms with Gasteiger partial charge >= 0.3 is 0 Å². The van der Waals surface area contributed by atoms with Crippen molar-refractivity contribution in [2.75, 3.05) is 0 Å². The fourth-order valence-corrected chi connectivity index (χ4v) is 5.05. The average Bonchev–Trinajstić information content (AvgIpc) is 2.97. The van der Waals surface area contributed by atoms with Crippen molar-refractivity contribution in [2.45, 2.75) is 13.8 Å². The van der Waals surface area contributed by atoms with Gasteiger partial charge in [0.25, 0.3) is 22.5 Å². The van der Waals surface area contributed by atoms with Gasteiger partial charge in [0.05, 0.1) is 43.0 Å². The fraction of sp³-hybridized carbons (Fsp3) is 0.0667. The van der Waals surface area contributed by atoms with Gasteiger partial charge in [-0.25, -0.2) is 9.97 Å². The molecule has 0 spiro atoms. The van der Waals surface area contributed by atoms with E-state index in [0.29, 0.717) is 56.0 Å². The number of hydrogen-bond donors (Lipinski definition) is 0. The van der Waals surface area contributed by atoms with E-state index in [0.717, 1.165) is 0 Å². The Bertz CT molecular complexity index is 2240. The largest absolute Gasteiger partial charge is 0.271 e. The topological polar surface area (TPSA) is 156 Å². The van der Waals surface area contributed by atoms with Gasteiger partial charge in [-0.3, -0.25) is 39.0 Å². The number of fused-ring (bicyclic) bond motifs is 2. The molecule has 42 heavy (non-hydrogen) atoms. The fourth-order valence-electron chi connectivity index (χ4n) is 5.05. The van der Waals surface area contributed by atoms with E-state index < -0.39 is 9.85 Å². The van der Waals surface area contributed by atoms with Crippen LogP contribution in [0.1, 0.15) is 11.6 Å². The molecule has 0 radical (unpaired) electrons. The third-order valence-electron chi connectivity index (χ3n) is 7.00. The summed E-state index contributed by atoms with van der Waals surface area (Å²) in [6, 6.07) is 21.9. The molecule has 0 saturated carbocycles. The van der Waals surface area contributed by atoms with Gasteiger partial charge in [0.15, 0.2) is 0 Å². The van der Waals surface area contributed by atoms with Crippen LogP contribution in [0.15, 0.2) is 94.5 Å². The molecule has 4 aromatic carbocycles. The van der Waals surface area contributed by atoms with E-state index in [1.165, 1.54) is 45.5 Å². The monoisotopic (exact) mass is 560 g/mol.